The van der Waals surface area contributed by atoms with Crippen molar-refractivity contribution in [2.75, 3.05) is 37.3 Å². The summed E-state index contributed by atoms with van der Waals surface area (Å²) >= 11 is 0. The number of aromatic nitrogens is 1. The van der Waals surface area contributed by atoms with Crippen LogP contribution in [-0.4, -0.2) is 42.3 Å². The van der Waals surface area contributed by atoms with Crippen LogP contribution in [0.25, 0.3) is 10.9 Å². The molecule has 1 saturated heterocycles. The minimum Gasteiger partial charge on any atom is -0.477 e. The van der Waals surface area contributed by atoms with Crippen LogP contribution < -0.4 is 21.4 Å². The van der Waals surface area contributed by atoms with Crippen molar-refractivity contribution in [2.45, 2.75) is 25.3 Å². The molecule has 28 heavy (non-hydrogen) atoms. The number of carboxylic acid groups (broad SMARTS) is 1. The highest BCUT2D eigenvalue weighted by Crippen LogP contribution is 2.42. The fourth-order valence-corrected chi connectivity index (χ4v) is 4.11. The second kappa shape index (κ2) is 6.73. The van der Waals surface area contributed by atoms with E-state index >= 15 is 8.78 Å². The van der Waals surface area contributed by atoms with Crippen LogP contribution in [0.3, 0.4) is 0 Å². The molecule has 4 N–H and O–H groups in total. The third-order valence-electron chi connectivity index (χ3n) is 5.63. The number of benzene rings is 1. The summed E-state index contributed by atoms with van der Waals surface area (Å²) in [4.78, 5) is 25.7. The van der Waals surface area contributed by atoms with Gasteiger partial charge in [0.25, 0.3) is 0 Å². The molecule has 4 rings (SSSR count). The average molecular weight is 392 g/mol. The number of hydrogen-bond acceptors (Lipinski definition) is 5. The zero-order valence-electron chi connectivity index (χ0n) is 15.5. The lowest BCUT2D eigenvalue weighted by molar-refractivity contribution is 0.0695. The molecule has 2 heterocycles. The number of nitrogens with zero attached hydrogens (tertiary/aromatic N) is 2. The van der Waals surface area contributed by atoms with Gasteiger partial charge in [-0.05, 0) is 38.8 Å². The molecule has 2 fully saturated rings. The summed E-state index contributed by atoms with van der Waals surface area (Å²) in [6, 6.07) is -0.121. The Labute approximate surface area is 159 Å². The molecule has 0 radical (unpaired) electrons. The number of nitrogens with two attached hydrogens (primary N) is 1. The Bertz CT molecular complexity index is 1030. The predicted octanol–water partition coefficient (Wildman–Crippen LogP) is 1.94. The molecule has 1 atom stereocenters. The van der Waals surface area contributed by atoms with Gasteiger partial charge in [0, 0.05) is 25.3 Å². The molecule has 1 aliphatic heterocycles. The summed E-state index contributed by atoms with van der Waals surface area (Å²) in [6.45, 7) is 1.68. The number of carbonyl (C=O) groups is 1. The van der Waals surface area contributed by atoms with Crippen LogP contribution in [0.15, 0.2) is 11.0 Å². The van der Waals surface area contributed by atoms with Gasteiger partial charge in [0.1, 0.15) is 11.3 Å². The quantitative estimate of drug-likeness (QED) is 0.673. The van der Waals surface area contributed by atoms with Crippen LogP contribution >= 0.6 is 0 Å². The van der Waals surface area contributed by atoms with E-state index in [1.165, 1.54) is 4.57 Å². The van der Waals surface area contributed by atoms with E-state index in [1.54, 1.807) is 4.90 Å². The number of nitrogen functional groups attached to an aromatic ring is 1. The maximum atomic E-state index is 15.6. The topological polar surface area (TPSA) is 101 Å². The molecule has 9 heteroatoms. The van der Waals surface area contributed by atoms with Crippen molar-refractivity contribution in [1.29, 1.82) is 0 Å². The molecule has 0 amide bonds. The molecule has 1 unspecified atom stereocenters. The SMILES string of the molecule is CNCC1CCN(c2c(F)c(N)c3c(=O)c(C(=O)O)cn(C4CC4)c3c2F)C1. The molecular weight excluding hydrogens is 370 g/mol. The molecule has 150 valence electrons. The number of aromatic carboxylic acids is 1. The molecule has 1 saturated carbocycles. The molecule has 0 bridgehead atoms. The van der Waals surface area contributed by atoms with E-state index in [-0.39, 0.29) is 23.2 Å². The predicted molar refractivity (Wildman–Crippen MR) is 102 cm³/mol. The number of carboxylic acids is 1. The number of hydrogen-bond donors (Lipinski definition) is 3. The van der Waals surface area contributed by atoms with E-state index in [0.29, 0.717) is 13.1 Å². The Morgan fingerprint density at radius 2 is 2.04 bits per heavy atom. The van der Waals surface area contributed by atoms with Gasteiger partial charge in [0.2, 0.25) is 5.43 Å². The van der Waals surface area contributed by atoms with Gasteiger partial charge >= 0.3 is 5.97 Å². The summed E-state index contributed by atoms with van der Waals surface area (Å²) in [6.07, 6.45) is 3.40. The molecule has 1 aromatic carbocycles. The Balaban J connectivity index is 1.97. The monoisotopic (exact) mass is 392 g/mol. The fraction of sp³-hybridized carbons (Fsp3) is 0.474. The molecular formula is C19H22F2N4O3. The van der Waals surface area contributed by atoms with E-state index in [9.17, 15) is 14.7 Å². The van der Waals surface area contributed by atoms with Crippen LogP contribution in [0.5, 0.6) is 0 Å². The highest BCUT2D eigenvalue weighted by atomic mass is 19.1. The van der Waals surface area contributed by atoms with Crippen LogP contribution in [-0.2, 0) is 0 Å². The summed E-state index contributed by atoms with van der Waals surface area (Å²) < 4.78 is 32.1. The second-order valence-electron chi connectivity index (χ2n) is 7.59. The Morgan fingerprint density at radius 3 is 2.64 bits per heavy atom. The minimum absolute atomic E-state index is 0.108. The Kier molecular flexibility index (Phi) is 4.49. The summed E-state index contributed by atoms with van der Waals surface area (Å²) in [7, 11) is 1.83. The summed E-state index contributed by atoms with van der Waals surface area (Å²) in [5.74, 6) is -3.05. The number of fused-ring (bicyclic) bond motifs is 1. The second-order valence-corrected chi connectivity index (χ2v) is 7.59. The molecule has 2 aliphatic rings. The average Bonchev–Trinajstić information content (AvgIpc) is 3.39. The van der Waals surface area contributed by atoms with Gasteiger partial charge in [-0.15, -0.1) is 0 Å². The normalized spacial score (nSPS) is 19.5. The zero-order valence-corrected chi connectivity index (χ0v) is 15.5. The zero-order chi connectivity index (χ0) is 20.2. The van der Waals surface area contributed by atoms with Crippen molar-refractivity contribution in [3.63, 3.8) is 0 Å². The third-order valence-corrected chi connectivity index (χ3v) is 5.63. The first-order valence-electron chi connectivity index (χ1n) is 9.33. The van der Waals surface area contributed by atoms with Gasteiger partial charge in [-0.1, -0.05) is 0 Å². The Hall–Kier alpha value is -2.68. The molecule has 1 aromatic heterocycles. The summed E-state index contributed by atoms with van der Waals surface area (Å²) in [5, 5.41) is 12.0. The molecule has 1 aliphatic carbocycles. The number of halogens is 2. The highest BCUT2D eigenvalue weighted by Gasteiger charge is 2.34. The molecule has 0 spiro atoms. The number of anilines is 2. The first kappa shape index (κ1) is 18.7. The lowest BCUT2D eigenvalue weighted by Crippen LogP contribution is -2.27. The van der Waals surface area contributed by atoms with E-state index in [0.717, 1.165) is 32.0 Å². The van der Waals surface area contributed by atoms with Crippen LogP contribution in [0.2, 0.25) is 0 Å². The Morgan fingerprint density at radius 1 is 1.32 bits per heavy atom. The van der Waals surface area contributed by atoms with Crippen molar-refractivity contribution in [3.05, 3.63) is 33.6 Å². The highest BCUT2D eigenvalue weighted by molar-refractivity contribution is 5.99. The molecule has 7 nitrogen and oxygen atoms in total. The van der Waals surface area contributed by atoms with E-state index in [1.807, 2.05) is 7.05 Å². The lowest BCUT2D eigenvalue weighted by Gasteiger charge is -2.23. The van der Waals surface area contributed by atoms with Crippen LogP contribution in [0, 0.1) is 17.6 Å². The van der Waals surface area contributed by atoms with Crippen molar-refractivity contribution in [3.8, 4) is 0 Å². The van der Waals surface area contributed by atoms with Gasteiger partial charge in [-0.3, -0.25) is 4.79 Å². The number of nitrogens with one attached hydrogen (secondary N) is 1. The van der Waals surface area contributed by atoms with Crippen molar-refractivity contribution < 1.29 is 18.7 Å². The van der Waals surface area contributed by atoms with Crippen LogP contribution in [0.1, 0.15) is 35.7 Å². The largest absolute Gasteiger partial charge is 0.477 e. The lowest BCUT2D eigenvalue weighted by atomic mass is 10.1. The number of pyridine rings is 1. The van der Waals surface area contributed by atoms with Gasteiger partial charge in [-0.2, -0.15) is 0 Å². The van der Waals surface area contributed by atoms with E-state index in [2.05, 4.69) is 5.32 Å². The van der Waals surface area contributed by atoms with Gasteiger partial charge in [-0.25, -0.2) is 13.6 Å². The smallest absolute Gasteiger partial charge is 0.341 e. The number of rotatable bonds is 5. The maximum Gasteiger partial charge on any atom is 0.341 e. The van der Waals surface area contributed by atoms with Crippen molar-refractivity contribution in [2.24, 2.45) is 5.92 Å². The third kappa shape index (κ3) is 2.81. The molecule has 2 aromatic rings. The van der Waals surface area contributed by atoms with E-state index in [4.69, 9.17) is 5.73 Å². The van der Waals surface area contributed by atoms with E-state index < -0.39 is 39.7 Å². The minimum atomic E-state index is -1.44. The van der Waals surface area contributed by atoms with Crippen molar-refractivity contribution >= 4 is 28.2 Å². The van der Waals surface area contributed by atoms with Gasteiger partial charge in [0.15, 0.2) is 11.6 Å². The standard InChI is InChI=1S/C19H22F2N4O3/c1-23-6-9-4-5-24(7-9)17-13(20)15(22)12-16(14(17)21)25(10-2-3-10)8-11(18(12)26)19(27)28/h8-10,23H,2-7,22H2,1H3,(H,27,28). The van der Waals surface area contributed by atoms with Crippen LogP contribution in [0.4, 0.5) is 20.2 Å². The van der Waals surface area contributed by atoms with Gasteiger partial charge in [0.05, 0.1) is 16.6 Å². The fourth-order valence-electron chi connectivity index (χ4n) is 4.11. The maximum absolute atomic E-state index is 15.6. The van der Waals surface area contributed by atoms with Gasteiger partial charge < -0.3 is 25.6 Å². The first-order chi connectivity index (χ1) is 13.3. The first-order valence-corrected chi connectivity index (χ1v) is 9.33. The van der Waals surface area contributed by atoms with Crippen molar-refractivity contribution in [1.82, 2.24) is 9.88 Å². The summed E-state index contributed by atoms with van der Waals surface area (Å²) in [5.41, 5.74) is 3.59.